The molecule has 1 aliphatic carbocycles. The third kappa shape index (κ3) is 3.96. The number of halogens is 2. The molecule has 0 spiro atoms. The standard InChI is InChI=1S/C22H25Cl2N5O2/c1-13-17(22(31)29(27(13)3)16-7-5-4-6-8-16)12-20(30)21-14(2)28(26-25-21)19-10-9-15(23)11-18(19)24/h9-11,16H,4-8,12H2,1-3H3. The molecule has 3 aromatic rings. The van der Waals surface area contributed by atoms with Crippen LogP contribution in [0, 0.1) is 13.8 Å². The first kappa shape index (κ1) is 21.8. The highest BCUT2D eigenvalue weighted by Gasteiger charge is 2.26. The van der Waals surface area contributed by atoms with E-state index in [4.69, 9.17) is 23.2 Å². The molecule has 2 aromatic heterocycles. The normalized spacial score (nSPS) is 14.9. The molecule has 164 valence electrons. The van der Waals surface area contributed by atoms with E-state index in [0.717, 1.165) is 31.4 Å². The number of aromatic nitrogens is 5. The number of benzene rings is 1. The second-order valence-corrected chi connectivity index (χ2v) is 9.00. The van der Waals surface area contributed by atoms with Crippen molar-refractivity contribution < 1.29 is 4.79 Å². The van der Waals surface area contributed by atoms with Gasteiger partial charge in [0.1, 0.15) is 0 Å². The molecule has 4 rings (SSSR count). The third-order valence-electron chi connectivity index (χ3n) is 6.27. The minimum atomic E-state index is -0.240. The highest BCUT2D eigenvalue weighted by molar-refractivity contribution is 6.35. The average Bonchev–Trinajstić information content (AvgIpc) is 3.22. The Labute approximate surface area is 190 Å². The van der Waals surface area contributed by atoms with Crippen LogP contribution >= 0.6 is 23.2 Å². The van der Waals surface area contributed by atoms with E-state index in [1.54, 1.807) is 25.1 Å². The topological polar surface area (TPSA) is 74.7 Å². The maximum atomic E-state index is 13.2. The van der Waals surface area contributed by atoms with Gasteiger partial charge in [0.2, 0.25) is 0 Å². The van der Waals surface area contributed by atoms with Crippen molar-refractivity contribution in [3.8, 4) is 5.69 Å². The molecule has 31 heavy (non-hydrogen) atoms. The van der Waals surface area contributed by atoms with E-state index in [2.05, 4.69) is 10.3 Å². The molecule has 0 radical (unpaired) electrons. The number of Topliss-reactive ketones (excluding diaryl/α,β-unsaturated/α-hetero) is 1. The molecule has 1 fully saturated rings. The van der Waals surface area contributed by atoms with Crippen LogP contribution in [0.2, 0.25) is 10.0 Å². The molecular weight excluding hydrogens is 437 g/mol. The summed E-state index contributed by atoms with van der Waals surface area (Å²) in [6.07, 6.45) is 5.47. The van der Waals surface area contributed by atoms with E-state index in [9.17, 15) is 9.59 Å². The highest BCUT2D eigenvalue weighted by atomic mass is 35.5. The van der Waals surface area contributed by atoms with Gasteiger partial charge in [-0.1, -0.05) is 47.7 Å². The first-order valence-corrected chi connectivity index (χ1v) is 11.2. The van der Waals surface area contributed by atoms with Crippen LogP contribution in [-0.4, -0.2) is 30.1 Å². The van der Waals surface area contributed by atoms with Crippen molar-refractivity contribution >= 4 is 29.0 Å². The van der Waals surface area contributed by atoms with Gasteiger partial charge >= 0.3 is 0 Å². The van der Waals surface area contributed by atoms with Crippen LogP contribution < -0.4 is 5.56 Å². The van der Waals surface area contributed by atoms with Gasteiger partial charge in [-0.25, -0.2) is 9.36 Å². The van der Waals surface area contributed by atoms with Crippen LogP contribution in [0.15, 0.2) is 23.0 Å². The van der Waals surface area contributed by atoms with E-state index < -0.39 is 0 Å². The highest BCUT2D eigenvalue weighted by Crippen LogP contribution is 2.28. The fourth-order valence-corrected chi connectivity index (χ4v) is 4.93. The maximum absolute atomic E-state index is 13.2. The van der Waals surface area contributed by atoms with Crippen LogP contribution in [0.3, 0.4) is 0 Å². The van der Waals surface area contributed by atoms with Gasteiger partial charge in [-0.15, -0.1) is 5.10 Å². The van der Waals surface area contributed by atoms with Gasteiger partial charge in [-0.3, -0.25) is 14.3 Å². The summed E-state index contributed by atoms with van der Waals surface area (Å²) >= 11 is 12.3. The zero-order valence-corrected chi connectivity index (χ0v) is 19.4. The number of hydrogen-bond acceptors (Lipinski definition) is 4. The molecule has 0 unspecified atom stereocenters. The molecule has 9 heteroatoms. The van der Waals surface area contributed by atoms with Crippen LogP contribution in [-0.2, 0) is 13.5 Å². The molecule has 1 aliphatic rings. The average molecular weight is 462 g/mol. The van der Waals surface area contributed by atoms with E-state index in [1.165, 1.54) is 11.1 Å². The van der Waals surface area contributed by atoms with Gasteiger partial charge in [-0.2, -0.15) is 0 Å². The number of carbonyl (C=O) groups is 1. The fraction of sp³-hybridized carbons (Fsp3) is 0.455. The first-order chi connectivity index (χ1) is 14.8. The SMILES string of the molecule is Cc1c(C(=O)Cc2c(C)n(C)n(C3CCCCC3)c2=O)nnn1-c1ccc(Cl)cc1Cl. The van der Waals surface area contributed by atoms with Crippen molar-refractivity contribution in [3.05, 3.63) is 61.2 Å². The molecule has 1 saturated carbocycles. The Morgan fingerprint density at radius 3 is 2.52 bits per heavy atom. The zero-order valence-electron chi connectivity index (χ0n) is 17.9. The summed E-state index contributed by atoms with van der Waals surface area (Å²) < 4.78 is 5.25. The lowest BCUT2D eigenvalue weighted by Gasteiger charge is -2.24. The predicted molar refractivity (Wildman–Crippen MR) is 121 cm³/mol. The van der Waals surface area contributed by atoms with Crippen molar-refractivity contribution in [1.29, 1.82) is 0 Å². The third-order valence-corrected chi connectivity index (χ3v) is 6.80. The lowest BCUT2D eigenvalue weighted by atomic mass is 9.96. The Balaban J connectivity index is 1.64. The summed E-state index contributed by atoms with van der Waals surface area (Å²) in [7, 11) is 1.89. The summed E-state index contributed by atoms with van der Waals surface area (Å²) in [5, 5.41) is 9.12. The summed E-state index contributed by atoms with van der Waals surface area (Å²) in [5.41, 5.74) is 2.65. The Morgan fingerprint density at radius 1 is 1.13 bits per heavy atom. The minimum Gasteiger partial charge on any atom is -0.292 e. The fourth-order valence-electron chi connectivity index (χ4n) is 4.44. The smallest absolute Gasteiger partial charge is 0.270 e. The Hall–Kier alpha value is -2.38. The lowest BCUT2D eigenvalue weighted by molar-refractivity contribution is 0.0987. The molecule has 0 amide bonds. The molecular formula is C22H25Cl2N5O2. The van der Waals surface area contributed by atoms with Crippen molar-refractivity contribution in [2.24, 2.45) is 7.05 Å². The van der Waals surface area contributed by atoms with Gasteiger partial charge in [0.15, 0.2) is 11.5 Å². The minimum absolute atomic E-state index is 0.00783. The number of carbonyl (C=O) groups excluding carboxylic acids is 1. The number of nitrogens with zero attached hydrogens (tertiary/aromatic N) is 5. The van der Waals surface area contributed by atoms with E-state index in [0.29, 0.717) is 27.0 Å². The van der Waals surface area contributed by atoms with Crippen LogP contribution in [0.5, 0.6) is 0 Å². The van der Waals surface area contributed by atoms with Crippen LogP contribution in [0.4, 0.5) is 0 Å². The van der Waals surface area contributed by atoms with Crippen molar-refractivity contribution in [2.75, 3.05) is 0 Å². The largest absolute Gasteiger partial charge is 0.292 e. The number of ketones is 1. The molecule has 0 saturated heterocycles. The van der Waals surface area contributed by atoms with Gasteiger partial charge in [0.25, 0.3) is 5.56 Å². The summed E-state index contributed by atoms with van der Waals surface area (Å²) in [6, 6.07) is 5.24. The molecule has 1 aromatic carbocycles. The molecule has 0 N–H and O–H groups in total. The summed E-state index contributed by atoms with van der Waals surface area (Å²) in [6.45, 7) is 3.65. The lowest BCUT2D eigenvalue weighted by Crippen LogP contribution is -2.29. The number of hydrogen-bond donors (Lipinski definition) is 0. The predicted octanol–water partition coefficient (Wildman–Crippen LogP) is 4.62. The monoisotopic (exact) mass is 461 g/mol. The van der Waals surface area contributed by atoms with Crippen LogP contribution in [0.25, 0.3) is 5.69 Å². The van der Waals surface area contributed by atoms with E-state index in [1.807, 2.05) is 23.3 Å². The summed E-state index contributed by atoms with van der Waals surface area (Å²) in [4.78, 5) is 26.3. The Morgan fingerprint density at radius 2 is 1.84 bits per heavy atom. The molecule has 7 nitrogen and oxygen atoms in total. The maximum Gasteiger partial charge on any atom is 0.270 e. The van der Waals surface area contributed by atoms with Crippen molar-refractivity contribution in [1.82, 2.24) is 24.4 Å². The Bertz CT molecular complexity index is 1200. The first-order valence-electron chi connectivity index (χ1n) is 10.5. The number of rotatable bonds is 5. The molecule has 0 bridgehead atoms. The quantitative estimate of drug-likeness (QED) is 0.519. The van der Waals surface area contributed by atoms with Gasteiger partial charge in [0, 0.05) is 29.7 Å². The summed E-state index contributed by atoms with van der Waals surface area (Å²) in [5.74, 6) is -0.240. The molecule has 0 atom stereocenters. The van der Waals surface area contributed by atoms with Crippen molar-refractivity contribution in [2.45, 2.75) is 58.4 Å². The van der Waals surface area contributed by atoms with Crippen molar-refractivity contribution in [3.63, 3.8) is 0 Å². The van der Waals surface area contributed by atoms with Gasteiger partial charge in [-0.05, 0) is 44.9 Å². The molecule has 0 aliphatic heterocycles. The van der Waals surface area contributed by atoms with Gasteiger partial charge in [0.05, 0.1) is 22.4 Å². The molecule has 2 heterocycles. The van der Waals surface area contributed by atoms with Crippen LogP contribution in [0.1, 0.15) is 65.6 Å². The van der Waals surface area contributed by atoms with Gasteiger partial charge < -0.3 is 0 Å². The zero-order chi connectivity index (χ0) is 22.3. The second kappa shape index (κ2) is 8.63. The van der Waals surface area contributed by atoms with E-state index >= 15 is 0 Å². The second-order valence-electron chi connectivity index (χ2n) is 8.16. The Kier molecular flexibility index (Phi) is 6.08. The van der Waals surface area contributed by atoms with E-state index in [-0.39, 0.29) is 29.5 Å².